The Morgan fingerprint density at radius 3 is 2.72 bits per heavy atom. The van der Waals surface area contributed by atoms with Crippen LogP contribution in [0.5, 0.6) is 0 Å². The summed E-state index contributed by atoms with van der Waals surface area (Å²) in [5, 5.41) is 3.18. The second-order valence-corrected chi connectivity index (χ2v) is 5.23. The fourth-order valence-electron chi connectivity index (χ4n) is 1.95. The van der Waals surface area contributed by atoms with Gasteiger partial charge in [0.25, 0.3) is 0 Å². The molecule has 0 aromatic heterocycles. The Bertz CT molecular complexity index is 265. The van der Waals surface area contributed by atoms with Crippen molar-refractivity contribution in [3.05, 3.63) is 0 Å². The quantitative estimate of drug-likeness (QED) is 0.285. The first-order valence-corrected chi connectivity index (χ1v) is 6.44. The molecule has 0 spiro atoms. The zero-order valence-corrected chi connectivity index (χ0v) is 11.7. The zero-order chi connectivity index (χ0) is 13.4. The number of nitrogens with two attached hydrogens (primary N) is 1. The second-order valence-electron chi connectivity index (χ2n) is 5.23. The van der Waals surface area contributed by atoms with E-state index in [1.165, 1.54) is 0 Å². The predicted molar refractivity (Wildman–Crippen MR) is 72.3 cm³/mol. The van der Waals surface area contributed by atoms with Gasteiger partial charge in [-0.25, -0.2) is 5.84 Å². The molecule has 0 amide bonds. The Balaban J connectivity index is 2.45. The van der Waals surface area contributed by atoms with Gasteiger partial charge in [-0.15, -0.1) is 0 Å². The van der Waals surface area contributed by atoms with Crippen LogP contribution in [0, 0.1) is 5.41 Å². The first-order chi connectivity index (χ1) is 8.59. The molecule has 1 aliphatic heterocycles. The molecule has 1 saturated heterocycles. The van der Waals surface area contributed by atoms with E-state index in [4.69, 9.17) is 15.3 Å². The third kappa shape index (κ3) is 5.20. The van der Waals surface area contributed by atoms with Crippen molar-refractivity contribution in [1.82, 2.24) is 10.7 Å². The molecule has 4 N–H and O–H groups in total. The molecule has 18 heavy (non-hydrogen) atoms. The number of guanidine groups is 1. The minimum Gasteiger partial charge on any atom is -0.383 e. The van der Waals surface area contributed by atoms with E-state index >= 15 is 0 Å². The maximum Gasteiger partial charge on any atom is 0.206 e. The summed E-state index contributed by atoms with van der Waals surface area (Å²) in [6, 6.07) is 0.173. The van der Waals surface area contributed by atoms with Crippen molar-refractivity contribution < 1.29 is 9.47 Å². The number of rotatable bonds is 5. The monoisotopic (exact) mass is 258 g/mol. The number of hydrogen-bond donors (Lipinski definition) is 3. The molecule has 106 valence electrons. The number of hydrazine groups is 1. The van der Waals surface area contributed by atoms with Crippen molar-refractivity contribution in [2.45, 2.75) is 32.7 Å². The molecule has 0 aromatic carbocycles. The van der Waals surface area contributed by atoms with Crippen LogP contribution >= 0.6 is 0 Å². The molecule has 0 aromatic rings. The average molecular weight is 258 g/mol. The van der Waals surface area contributed by atoms with Crippen LogP contribution in [0.4, 0.5) is 0 Å². The van der Waals surface area contributed by atoms with E-state index in [-0.39, 0.29) is 11.5 Å². The molecule has 1 fully saturated rings. The van der Waals surface area contributed by atoms with E-state index in [9.17, 15) is 0 Å². The molecule has 0 aliphatic carbocycles. The van der Waals surface area contributed by atoms with Crippen LogP contribution in [0.2, 0.25) is 0 Å². The number of hydrogen-bond acceptors (Lipinski definition) is 4. The van der Waals surface area contributed by atoms with Crippen molar-refractivity contribution in [3.63, 3.8) is 0 Å². The average Bonchev–Trinajstić information content (AvgIpc) is 2.35. The summed E-state index contributed by atoms with van der Waals surface area (Å²) in [4.78, 5) is 4.52. The van der Waals surface area contributed by atoms with Gasteiger partial charge in [0.15, 0.2) is 0 Å². The van der Waals surface area contributed by atoms with Gasteiger partial charge in [0.2, 0.25) is 5.96 Å². The van der Waals surface area contributed by atoms with E-state index in [0.29, 0.717) is 12.6 Å². The lowest BCUT2D eigenvalue weighted by molar-refractivity contribution is 0.0283. The molecule has 1 aliphatic rings. The van der Waals surface area contributed by atoms with Crippen LogP contribution in [0.3, 0.4) is 0 Å². The molecule has 1 unspecified atom stereocenters. The van der Waals surface area contributed by atoms with Crippen molar-refractivity contribution in [3.8, 4) is 0 Å². The van der Waals surface area contributed by atoms with E-state index in [0.717, 1.165) is 32.6 Å². The molecule has 0 radical (unpaired) electrons. The van der Waals surface area contributed by atoms with Gasteiger partial charge in [0.05, 0.1) is 6.61 Å². The molecular formula is C12H26N4O2. The van der Waals surface area contributed by atoms with Crippen molar-refractivity contribution in [2.24, 2.45) is 16.3 Å². The molecular weight excluding hydrogens is 232 g/mol. The minimum atomic E-state index is 0.173. The first kappa shape index (κ1) is 15.2. The summed E-state index contributed by atoms with van der Waals surface area (Å²) in [5.41, 5.74) is 2.82. The van der Waals surface area contributed by atoms with Crippen molar-refractivity contribution in [2.75, 3.05) is 33.5 Å². The summed E-state index contributed by atoms with van der Waals surface area (Å²) in [6.07, 6.45) is 2.09. The lowest BCUT2D eigenvalue weighted by Crippen LogP contribution is -2.47. The highest BCUT2D eigenvalue weighted by atomic mass is 16.5. The molecule has 0 saturated carbocycles. The van der Waals surface area contributed by atoms with Crippen LogP contribution in [-0.4, -0.2) is 45.5 Å². The van der Waals surface area contributed by atoms with Gasteiger partial charge < -0.3 is 14.8 Å². The highest BCUT2D eigenvalue weighted by molar-refractivity contribution is 5.79. The zero-order valence-electron chi connectivity index (χ0n) is 11.7. The summed E-state index contributed by atoms with van der Waals surface area (Å²) < 4.78 is 10.4. The largest absolute Gasteiger partial charge is 0.383 e. The summed E-state index contributed by atoms with van der Waals surface area (Å²) in [7, 11) is 1.67. The normalized spacial score (nSPS) is 21.4. The molecule has 1 atom stereocenters. The number of nitrogens with one attached hydrogen (secondary N) is 2. The topological polar surface area (TPSA) is 80.9 Å². The first-order valence-electron chi connectivity index (χ1n) is 6.44. The van der Waals surface area contributed by atoms with Crippen molar-refractivity contribution >= 4 is 5.96 Å². The van der Waals surface area contributed by atoms with Gasteiger partial charge >= 0.3 is 0 Å². The number of aliphatic imine (C=N–C) groups is 1. The van der Waals surface area contributed by atoms with E-state index in [2.05, 4.69) is 22.7 Å². The Kier molecular flexibility index (Phi) is 6.38. The third-order valence-corrected chi connectivity index (χ3v) is 3.26. The third-order valence-electron chi connectivity index (χ3n) is 3.26. The summed E-state index contributed by atoms with van der Waals surface area (Å²) in [6.45, 7) is 7.28. The molecule has 0 bridgehead atoms. The van der Waals surface area contributed by atoms with Crippen LogP contribution in [-0.2, 0) is 9.47 Å². The second kappa shape index (κ2) is 7.56. The predicted octanol–water partition coefficient (Wildman–Crippen LogP) is 0.247. The fraction of sp³-hybridized carbons (Fsp3) is 0.917. The minimum absolute atomic E-state index is 0.173. The van der Waals surface area contributed by atoms with E-state index in [1.54, 1.807) is 7.11 Å². The van der Waals surface area contributed by atoms with Gasteiger partial charge in [-0.3, -0.25) is 10.4 Å². The van der Waals surface area contributed by atoms with Gasteiger partial charge in [0.1, 0.15) is 0 Å². The van der Waals surface area contributed by atoms with Crippen molar-refractivity contribution in [1.29, 1.82) is 0 Å². The smallest absolute Gasteiger partial charge is 0.206 e. The summed E-state index contributed by atoms with van der Waals surface area (Å²) in [5.74, 6) is 6.09. The van der Waals surface area contributed by atoms with E-state index in [1.807, 2.05) is 6.92 Å². The Morgan fingerprint density at radius 1 is 1.50 bits per heavy atom. The standard InChI is InChI=1S/C12H26N4O2/c1-10(8-17-3)15-11(16-13)14-9-12(2)4-6-18-7-5-12/h10H,4-9,13H2,1-3H3,(H2,14,15,16). The van der Waals surface area contributed by atoms with Gasteiger partial charge in [0, 0.05) is 32.9 Å². The maximum atomic E-state index is 5.47. The van der Waals surface area contributed by atoms with Crippen LogP contribution in [0.15, 0.2) is 4.99 Å². The Labute approximate surface area is 109 Å². The molecule has 1 heterocycles. The number of ether oxygens (including phenoxy) is 2. The van der Waals surface area contributed by atoms with Gasteiger partial charge in [-0.05, 0) is 25.2 Å². The molecule has 6 nitrogen and oxygen atoms in total. The molecule has 6 heteroatoms. The fourth-order valence-corrected chi connectivity index (χ4v) is 1.95. The number of nitrogens with zero attached hydrogens (tertiary/aromatic N) is 1. The molecule has 1 rings (SSSR count). The van der Waals surface area contributed by atoms with Gasteiger partial charge in [-0.2, -0.15) is 0 Å². The van der Waals surface area contributed by atoms with Gasteiger partial charge in [-0.1, -0.05) is 6.92 Å². The van der Waals surface area contributed by atoms with E-state index < -0.39 is 0 Å². The maximum absolute atomic E-state index is 5.47. The highest BCUT2D eigenvalue weighted by Gasteiger charge is 2.27. The number of methoxy groups -OCH3 is 1. The van der Waals surface area contributed by atoms with Crippen LogP contribution < -0.4 is 16.6 Å². The Hall–Kier alpha value is -0.850. The lowest BCUT2D eigenvalue weighted by Gasteiger charge is -2.32. The highest BCUT2D eigenvalue weighted by Crippen LogP contribution is 2.29. The van der Waals surface area contributed by atoms with Crippen LogP contribution in [0.1, 0.15) is 26.7 Å². The SMILES string of the molecule is COCC(C)NC(=NCC1(C)CCOCC1)NN. The Morgan fingerprint density at radius 2 is 2.17 bits per heavy atom. The lowest BCUT2D eigenvalue weighted by atomic mass is 9.83. The summed E-state index contributed by atoms with van der Waals surface area (Å²) >= 11 is 0. The van der Waals surface area contributed by atoms with Crippen LogP contribution in [0.25, 0.3) is 0 Å².